The molecule has 0 atom stereocenters. The largest absolute Gasteiger partial charge is 0.469 e. The second-order valence-electron chi connectivity index (χ2n) is 6.98. The number of unbranched alkanes of at least 4 members (excludes halogenated alkanes) is 16. The van der Waals surface area contributed by atoms with E-state index in [0.717, 1.165) is 6.42 Å². The van der Waals surface area contributed by atoms with E-state index in [1.54, 1.807) is 0 Å². The summed E-state index contributed by atoms with van der Waals surface area (Å²) in [7, 11) is 1.47. The van der Waals surface area contributed by atoms with Crippen LogP contribution < -0.4 is 0 Å². The maximum Gasteiger partial charge on any atom is 0.305 e. The van der Waals surface area contributed by atoms with Crippen LogP contribution >= 0.6 is 0 Å². The first-order valence-electron chi connectivity index (χ1n) is 10.4. The van der Waals surface area contributed by atoms with E-state index in [4.69, 9.17) is 0 Å². The molecule has 0 bridgehead atoms. The highest BCUT2D eigenvalue weighted by atomic mass is 16.5. The molecular formula is C21H42O2. The standard InChI is InChI=1S/C21H42O2/c1-3-4-5-6-7-8-9-10-11-12-13-14-15-16-17-18-19-20-21(22)23-2/h3-20H2,1-2H3. The van der Waals surface area contributed by atoms with E-state index < -0.39 is 0 Å². The van der Waals surface area contributed by atoms with Gasteiger partial charge in [-0.25, -0.2) is 0 Å². The van der Waals surface area contributed by atoms with Gasteiger partial charge in [-0.1, -0.05) is 110 Å². The Morgan fingerprint density at radius 3 is 1.17 bits per heavy atom. The third-order valence-electron chi connectivity index (χ3n) is 4.71. The number of methoxy groups -OCH3 is 1. The van der Waals surface area contributed by atoms with Gasteiger partial charge in [0.15, 0.2) is 0 Å². The molecule has 0 unspecified atom stereocenters. The van der Waals surface area contributed by atoms with E-state index in [2.05, 4.69) is 11.7 Å². The van der Waals surface area contributed by atoms with Crippen molar-refractivity contribution in [3.05, 3.63) is 0 Å². The Morgan fingerprint density at radius 2 is 0.870 bits per heavy atom. The highest BCUT2D eigenvalue weighted by molar-refractivity contribution is 5.68. The van der Waals surface area contributed by atoms with Crippen molar-refractivity contribution in [2.75, 3.05) is 7.11 Å². The zero-order valence-electron chi connectivity index (χ0n) is 16.0. The highest BCUT2D eigenvalue weighted by Gasteiger charge is 1.99. The second kappa shape index (κ2) is 19.5. The Morgan fingerprint density at radius 1 is 0.565 bits per heavy atom. The van der Waals surface area contributed by atoms with Crippen molar-refractivity contribution >= 4 is 5.97 Å². The fraction of sp³-hybridized carbons (Fsp3) is 0.952. The van der Waals surface area contributed by atoms with E-state index in [0.29, 0.717) is 6.42 Å². The average molecular weight is 327 g/mol. The van der Waals surface area contributed by atoms with Crippen molar-refractivity contribution in [2.24, 2.45) is 0 Å². The molecule has 0 fully saturated rings. The lowest BCUT2D eigenvalue weighted by atomic mass is 10.0. The number of hydrogen-bond acceptors (Lipinski definition) is 2. The molecule has 23 heavy (non-hydrogen) atoms. The van der Waals surface area contributed by atoms with Gasteiger partial charge in [-0.15, -0.1) is 0 Å². The number of hydrogen-bond donors (Lipinski definition) is 0. The van der Waals surface area contributed by atoms with E-state index in [1.807, 2.05) is 0 Å². The summed E-state index contributed by atoms with van der Waals surface area (Å²) in [5.41, 5.74) is 0. The van der Waals surface area contributed by atoms with Gasteiger partial charge in [-0.05, 0) is 6.42 Å². The smallest absolute Gasteiger partial charge is 0.305 e. The fourth-order valence-electron chi connectivity index (χ4n) is 3.10. The number of carbonyl (C=O) groups excluding carboxylic acids is 1. The van der Waals surface area contributed by atoms with Crippen LogP contribution in [-0.2, 0) is 9.53 Å². The molecule has 138 valence electrons. The summed E-state index contributed by atoms with van der Waals surface area (Å²) >= 11 is 0. The number of carbonyl (C=O) groups is 1. The Balaban J connectivity index is 2.99. The predicted octanol–water partition coefficient (Wildman–Crippen LogP) is 7.20. The first kappa shape index (κ1) is 22.5. The molecule has 0 N–H and O–H groups in total. The molecule has 0 saturated carbocycles. The Hall–Kier alpha value is -0.530. The second-order valence-corrected chi connectivity index (χ2v) is 6.98. The van der Waals surface area contributed by atoms with Gasteiger partial charge in [0.2, 0.25) is 0 Å². The number of esters is 1. The lowest BCUT2D eigenvalue weighted by Gasteiger charge is -2.03. The van der Waals surface area contributed by atoms with Crippen molar-refractivity contribution in [1.29, 1.82) is 0 Å². The molecule has 0 saturated heterocycles. The maximum absolute atomic E-state index is 10.9. The molecule has 2 heteroatoms. The van der Waals surface area contributed by atoms with Gasteiger partial charge in [0.25, 0.3) is 0 Å². The molecule has 0 aliphatic carbocycles. The lowest BCUT2D eigenvalue weighted by molar-refractivity contribution is -0.140. The molecule has 0 aromatic carbocycles. The normalized spacial score (nSPS) is 10.9. The molecule has 0 aromatic rings. The van der Waals surface area contributed by atoms with Crippen LogP contribution in [0.2, 0.25) is 0 Å². The van der Waals surface area contributed by atoms with Gasteiger partial charge < -0.3 is 4.74 Å². The van der Waals surface area contributed by atoms with Gasteiger partial charge >= 0.3 is 5.97 Å². The molecule has 2 nitrogen and oxygen atoms in total. The first-order valence-corrected chi connectivity index (χ1v) is 10.4. The monoisotopic (exact) mass is 326 g/mol. The lowest BCUT2D eigenvalue weighted by Crippen LogP contribution is -1.99. The van der Waals surface area contributed by atoms with Crippen molar-refractivity contribution in [3.8, 4) is 0 Å². The minimum Gasteiger partial charge on any atom is -0.469 e. The minimum absolute atomic E-state index is 0.0639. The summed E-state index contributed by atoms with van der Waals surface area (Å²) < 4.78 is 4.64. The highest BCUT2D eigenvalue weighted by Crippen LogP contribution is 2.14. The molecule has 0 rings (SSSR count). The SMILES string of the molecule is CCCCCCCCCCCCCCCCCCCC(=O)OC. The molecule has 0 aromatic heterocycles. The topological polar surface area (TPSA) is 26.3 Å². The summed E-state index contributed by atoms with van der Waals surface area (Å²) in [6, 6.07) is 0. The molecule has 0 amide bonds. The Labute approximate surface area is 145 Å². The van der Waals surface area contributed by atoms with Crippen LogP contribution in [0.25, 0.3) is 0 Å². The van der Waals surface area contributed by atoms with Crippen molar-refractivity contribution in [2.45, 2.75) is 122 Å². The summed E-state index contributed by atoms with van der Waals surface area (Å²) in [4.78, 5) is 10.9. The zero-order chi connectivity index (χ0) is 17.0. The van der Waals surface area contributed by atoms with E-state index in [1.165, 1.54) is 110 Å². The van der Waals surface area contributed by atoms with E-state index in [9.17, 15) is 4.79 Å². The maximum atomic E-state index is 10.9. The number of ether oxygens (including phenoxy) is 1. The molecule has 0 aliphatic heterocycles. The van der Waals surface area contributed by atoms with Crippen molar-refractivity contribution in [1.82, 2.24) is 0 Å². The fourth-order valence-corrected chi connectivity index (χ4v) is 3.10. The van der Waals surface area contributed by atoms with Gasteiger partial charge in [0.1, 0.15) is 0 Å². The van der Waals surface area contributed by atoms with Crippen LogP contribution in [-0.4, -0.2) is 13.1 Å². The summed E-state index contributed by atoms with van der Waals surface area (Å²) in [6.45, 7) is 2.28. The van der Waals surface area contributed by atoms with Crippen LogP contribution in [0, 0.1) is 0 Å². The zero-order valence-corrected chi connectivity index (χ0v) is 16.0. The van der Waals surface area contributed by atoms with E-state index in [-0.39, 0.29) is 5.97 Å². The average Bonchev–Trinajstić information content (AvgIpc) is 2.57. The third kappa shape index (κ3) is 19.4. The Bertz CT molecular complexity index is 238. The predicted molar refractivity (Wildman–Crippen MR) is 101 cm³/mol. The quantitative estimate of drug-likeness (QED) is 0.196. The summed E-state index contributed by atoms with van der Waals surface area (Å²) in [5, 5.41) is 0. The summed E-state index contributed by atoms with van der Waals surface area (Å²) in [5.74, 6) is -0.0639. The molecule has 0 aliphatic rings. The van der Waals surface area contributed by atoms with Gasteiger partial charge in [0, 0.05) is 6.42 Å². The van der Waals surface area contributed by atoms with Crippen molar-refractivity contribution < 1.29 is 9.53 Å². The van der Waals surface area contributed by atoms with Gasteiger partial charge in [-0.3, -0.25) is 4.79 Å². The molecule has 0 heterocycles. The van der Waals surface area contributed by atoms with Crippen LogP contribution in [0.3, 0.4) is 0 Å². The minimum atomic E-state index is -0.0639. The van der Waals surface area contributed by atoms with Gasteiger partial charge in [0.05, 0.1) is 7.11 Å². The third-order valence-corrected chi connectivity index (χ3v) is 4.71. The van der Waals surface area contributed by atoms with Crippen LogP contribution in [0.4, 0.5) is 0 Å². The molecule has 0 spiro atoms. The summed E-state index contributed by atoms with van der Waals surface area (Å²) in [6.07, 6.45) is 23.9. The molecule has 0 radical (unpaired) electrons. The number of rotatable bonds is 18. The van der Waals surface area contributed by atoms with Crippen molar-refractivity contribution in [3.63, 3.8) is 0 Å². The molecular weight excluding hydrogens is 284 g/mol. The van der Waals surface area contributed by atoms with Gasteiger partial charge in [-0.2, -0.15) is 0 Å². The Kier molecular flexibility index (Phi) is 19.1. The van der Waals surface area contributed by atoms with Crippen LogP contribution in [0.5, 0.6) is 0 Å². The van der Waals surface area contributed by atoms with Crippen LogP contribution in [0.15, 0.2) is 0 Å². The van der Waals surface area contributed by atoms with Crippen LogP contribution in [0.1, 0.15) is 122 Å². The van der Waals surface area contributed by atoms with E-state index >= 15 is 0 Å². The first-order chi connectivity index (χ1) is 11.3.